The van der Waals surface area contributed by atoms with Crippen LogP contribution in [0.25, 0.3) is 0 Å². The molecule has 0 N–H and O–H groups in total. The molecule has 1 heterocycles. The van der Waals surface area contributed by atoms with Crippen LogP contribution in [0.2, 0.25) is 0 Å². The van der Waals surface area contributed by atoms with Gasteiger partial charge in [-0.25, -0.2) is 0 Å². The highest BCUT2D eigenvalue weighted by Gasteiger charge is 2.26. The summed E-state index contributed by atoms with van der Waals surface area (Å²) in [4.78, 5) is 13.7. The smallest absolute Gasteiger partial charge is 0.163 e. The standard InChI is InChI=1S/C13H14N2O/c14-8-12-6-7-15(10-13(12)16)9-11-4-2-1-3-5-11/h1-5,12H,6-7,9-10H2/t12-/m1/s1. The van der Waals surface area contributed by atoms with Crippen molar-refractivity contribution in [3.05, 3.63) is 35.9 Å². The molecule has 1 fully saturated rings. The highest BCUT2D eigenvalue weighted by Crippen LogP contribution is 2.15. The van der Waals surface area contributed by atoms with Gasteiger partial charge in [0.2, 0.25) is 0 Å². The van der Waals surface area contributed by atoms with Crippen LogP contribution in [-0.2, 0) is 11.3 Å². The topological polar surface area (TPSA) is 44.1 Å². The summed E-state index contributed by atoms with van der Waals surface area (Å²) in [5, 5.41) is 8.75. The summed E-state index contributed by atoms with van der Waals surface area (Å²) in [6.07, 6.45) is 0.669. The lowest BCUT2D eigenvalue weighted by atomic mass is 9.97. The SMILES string of the molecule is N#C[C@H]1CCN(Cc2ccccc2)CC1=O. The molecule has 0 bridgehead atoms. The van der Waals surface area contributed by atoms with Crippen molar-refractivity contribution in [2.75, 3.05) is 13.1 Å². The van der Waals surface area contributed by atoms with E-state index in [0.29, 0.717) is 13.0 Å². The fourth-order valence-electron chi connectivity index (χ4n) is 2.00. The number of benzene rings is 1. The van der Waals surface area contributed by atoms with Crippen LogP contribution in [0, 0.1) is 17.2 Å². The van der Waals surface area contributed by atoms with Gasteiger partial charge in [-0.15, -0.1) is 0 Å². The monoisotopic (exact) mass is 214 g/mol. The van der Waals surface area contributed by atoms with Crippen LogP contribution < -0.4 is 0 Å². The lowest BCUT2D eigenvalue weighted by Gasteiger charge is -2.27. The van der Waals surface area contributed by atoms with E-state index < -0.39 is 0 Å². The Labute approximate surface area is 95.3 Å². The largest absolute Gasteiger partial charge is 0.297 e. The molecule has 0 amide bonds. The van der Waals surface area contributed by atoms with Crippen LogP contribution in [0.15, 0.2) is 30.3 Å². The zero-order valence-corrected chi connectivity index (χ0v) is 9.10. The summed E-state index contributed by atoms with van der Waals surface area (Å²) in [5.41, 5.74) is 1.21. The number of piperidine rings is 1. The van der Waals surface area contributed by atoms with Crippen molar-refractivity contribution in [3.63, 3.8) is 0 Å². The molecule has 1 aromatic carbocycles. The van der Waals surface area contributed by atoms with Gasteiger partial charge in [-0.3, -0.25) is 9.69 Å². The second-order valence-corrected chi connectivity index (χ2v) is 4.13. The zero-order chi connectivity index (χ0) is 11.4. The molecule has 1 aliphatic heterocycles. The highest BCUT2D eigenvalue weighted by atomic mass is 16.1. The maximum Gasteiger partial charge on any atom is 0.163 e. The minimum Gasteiger partial charge on any atom is -0.297 e. The molecule has 82 valence electrons. The van der Waals surface area contributed by atoms with E-state index in [0.717, 1.165) is 13.1 Å². The van der Waals surface area contributed by atoms with Gasteiger partial charge in [0.25, 0.3) is 0 Å². The van der Waals surface area contributed by atoms with Crippen molar-refractivity contribution in [3.8, 4) is 6.07 Å². The van der Waals surface area contributed by atoms with Crippen molar-refractivity contribution in [2.24, 2.45) is 5.92 Å². The summed E-state index contributed by atoms with van der Waals surface area (Å²) >= 11 is 0. The van der Waals surface area contributed by atoms with Crippen LogP contribution in [0.5, 0.6) is 0 Å². The van der Waals surface area contributed by atoms with Crippen LogP contribution >= 0.6 is 0 Å². The number of carbonyl (C=O) groups excluding carboxylic acids is 1. The molecule has 0 spiro atoms. The second kappa shape index (κ2) is 4.91. The third-order valence-electron chi connectivity index (χ3n) is 2.91. The van der Waals surface area contributed by atoms with Crippen molar-refractivity contribution in [2.45, 2.75) is 13.0 Å². The van der Waals surface area contributed by atoms with E-state index in [-0.39, 0.29) is 11.7 Å². The summed E-state index contributed by atoms with van der Waals surface area (Å²) < 4.78 is 0. The molecule has 1 aliphatic rings. The molecule has 16 heavy (non-hydrogen) atoms. The second-order valence-electron chi connectivity index (χ2n) is 4.13. The third kappa shape index (κ3) is 2.47. The molecular formula is C13H14N2O. The average molecular weight is 214 g/mol. The molecule has 0 aromatic heterocycles. The first-order valence-corrected chi connectivity index (χ1v) is 5.48. The van der Waals surface area contributed by atoms with Gasteiger partial charge in [-0.1, -0.05) is 30.3 Å². The van der Waals surface area contributed by atoms with Crippen molar-refractivity contribution in [1.29, 1.82) is 5.26 Å². The van der Waals surface area contributed by atoms with Gasteiger partial charge in [0, 0.05) is 13.1 Å². The van der Waals surface area contributed by atoms with Crippen molar-refractivity contribution in [1.82, 2.24) is 4.90 Å². The van der Waals surface area contributed by atoms with E-state index in [4.69, 9.17) is 5.26 Å². The molecule has 1 atom stereocenters. The van der Waals surface area contributed by atoms with Gasteiger partial charge >= 0.3 is 0 Å². The first-order valence-electron chi connectivity index (χ1n) is 5.48. The number of hydrogen-bond donors (Lipinski definition) is 0. The Morgan fingerprint density at radius 3 is 2.75 bits per heavy atom. The van der Waals surface area contributed by atoms with Crippen molar-refractivity contribution >= 4 is 5.78 Å². The molecule has 3 nitrogen and oxygen atoms in total. The number of ketones is 1. The van der Waals surface area contributed by atoms with E-state index in [9.17, 15) is 4.79 Å². The van der Waals surface area contributed by atoms with E-state index in [1.54, 1.807) is 0 Å². The van der Waals surface area contributed by atoms with Gasteiger partial charge in [0.1, 0.15) is 5.92 Å². The molecule has 3 heteroatoms. The molecule has 2 rings (SSSR count). The van der Waals surface area contributed by atoms with Crippen LogP contribution in [-0.4, -0.2) is 23.8 Å². The Bertz CT molecular complexity index is 408. The Kier molecular flexibility index (Phi) is 3.33. The third-order valence-corrected chi connectivity index (χ3v) is 2.91. The van der Waals surface area contributed by atoms with Gasteiger partial charge < -0.3 is 0 Å². The normalized spacial score (nSPS) is 21.7. The van der Waals surface area contributed by atoms with E-state index in [1.165, 1.54) is 5.56 Å². The van der Waals surface area contributed by atoms with E-state index in [1.807, 2.05) is 18.2 Å². The van der Waals surface area contributed by atoms with Gasteiger partial charge in [0.05, 0.1) is 12.6 Å². The molecule has 0 unspecified atom stereocenters. The van der Waals surface area contributed by atoms with E-state index >= 15 is 0 Å². The minimum atomic E-state index is -0.382. The average Bonchev–Trinajstić information content (AvgIpc) is 2.31. The van der Waals surface area contributed by atoms with Gasteiger partial charge in [0.15, 0.2) is 5.78 Å². The lowest BCUT2D eigenvalue weighted by Crippen LogP contribution is -2.39. The first kappa shape index (κ1) is 10.8. The Balaban J connectivity index is 1.94. The minimum absolute atomic E-state index is 0.0599. The number of likely N-dealkylation sites (tertiary alicyclic amines) is 1. The lowest BCUT2D eigenvalue weighted by molar-refractivity contribution is -0.125. The molecule has 0 saturated carbocycles. The fourth-order valence-corrected chi connectivity index (χ4v) is 2.00. The summed E-state index contributed by atoms with van der Waals surface area (Å²) in [6, 6.07) is 12.2. The number of nitrogens with zero attached hydrogens (tertiary/aromatic N) is 2. The molecule has 0 aliphatic carbocycles. The molecular weight excluding hydrogens is 200 g/mol. The fraction of sp³-hybridized carbons (Fsp3) is 0.385. The predicted molar refractivity (Wildman–Crippen MR) is 60.4 cm³/mol. The van der Waals surface area contributed by atoms with Gasteiger partial charge in [-0.2, -0.15) is 5.26 Å². The summed E-state index contributed by atoms with van der Waals surface area (Å²) in [5.74, 6) is -0.322. The summed E-state index contributed by atoms with van der Waals surface area (Å²) in [7, 11) is 0. The molecule has 1 saturated heterocycles. The molecule has 1 aromatic rings. The van der Waals surface area contributed by atoms with Crippen LogP contribution in [0.3, 0.4) is 0 Å². The van der Waals surface area contributed by atoms with Crippen LogP contribution in [0.4, 0.5) is 0 Å². The number of Topliss-reactive ketones (excluding diaryl/α,β-unsaturated/α-hetero) is 1. The molecule has 0 radical (unpaired) electrons. The summed E-state index contributed by atoms with van der Waals surface area (Å²) in [6.45, 7) is 2.04. The Morgan fingerprint density at radius 1 is 1.38 bits per heavy atom. The van der Waals surface area contributed by atoms with Gasteiger partial charge in [-0.05, 0) is 12.0 Å². The number of rotatable bonds is 2. The predicted octanol–water partition coefficient (Wildman–Crippen LogP) is 1.60. The quantitative estimate of drug-likeness (QED) is 0.751. The Morgan fingerprint density at radius 2 is 2.12 bits per heavy atom. The van der Waals surface area contributed by atoms with E-state index in [2.05, 4.69) is 23.1 Å². The Hall–Kier alpha value is -1.66. The number of carbonyl (C=O) groups is 1. The number of nitriles is 1. The number of hydrogen-bond acceptors (Lipinski definition) is 3. The maximum absolute atomic E-state index is 11.6. The highest BCUT2D eigenvalue weighted by molar-refractivity contribution is 5.85. The first-order chi connectivity index (χ1) is 7.79. The van der Waals surface area contributed by atoms with Crippen LogP contribution in [0.1, 0.15) is 12.0 Å². The maximum atomic E-state index is 11.6. The van der Waals surface area contributed by atoms with Crippen molar-refractivity contribution < 1.29 is 4.79 Å². The zero-order valence-electron chi connectivity index (χ0n) is 9.10.